The van der Waals surface area contributed by atoms with Crippen molar-refractivity contribution in [3.8, 4) is 11.5 Å². The summed E-state index contributed by atoms with van der Waals surface area (Å²) in [6.45, 7) is 1.14. The topological polar surface area (TPSA) is 64.6 Å². The van der Waals surface area contributed by atoms with Crippen molar-refractivity contribution in [2.75, 3.05) is 17.9 Å². The molecular formula is C16H15NO4S. The first-order valence-electron chi connectivity index (χ1n) is 7.17. The van der Waals surface area contributed by atoms with Gasteiger partial charge in [-0.25, -0.2) is 8.42 Å². The molecule has 0 saturated heterocycles. The van der Waals surface area contributed by atoms with Crippen molar-refractivity contribution in [3.05, 3.63) is 47.5 Å². The van der Waals surface area contributed by atoms with Gasteiger partial charge in [-0.05, 0) is 18.2 Å². The van der Waals surface area contributed by atoms with E-state index in [1.165, 1.54) is 0 Å². The second kappa shape index (κ2) is 4.91. The number of anilines is 1. The Hall–Kier alpha value is -2.21. The Kier molecular flexibility index (Phi) is 3.00. The zero-order valence-corrected chi connectivity index (χ0v) is 12.7. The van der Waals surface area contributed by atoms with Crippen molar-refractivity contribution in [2.45, 2.75) is 17.7 Å². The molecule has 2 aromatic carbocycles. The highest BCUT2D eigenvalue weighted by molar-refractivity contribution is 7.92. The Balaban J connectivity index is 1.81. The van der Waals surface area contributed by atoms with Crippen LogP contribution in [-0.4, -0.2) is 21.6 Å². The number of hydrogen-bond donors (Lipinski definition) is 1. The zero-order chi connectivity index (χ0) is 15.2. The van der Waals surface area contributed by atoms with Crippen molar-refractivity contribution < 1.29 is 17.9 Å². The first-order valence-corrected chi connectivity index (χ1v) is 8.66. The lowest BCUT2D eigenvalue weighted by Crippen LogP contribution is -2.14. The minimum atomic E-state index is -3.64. The number of sulfonamides is 1. The van der Waals surface area contributed by atoms with Crippen LogP contribution in [0.1, 0.15) is 11.1 Å². The third-order valence-electron chi connectivity index (χ3n) is 3.94. The molecule has 0 aliphatic carbocycles. The SMILES string of the molecule is O=S(=O)(Nc1c2c(cc3c1OCC3)OCC2)c1ccccc1. The fraction of sp³-hybridized carbons (Fsp3) is 0.250. The van der Waals surface area contributed by atoms with Gasteiger partial charge in [0.2, 0.25) is 0 Å². The van der Waals surface area contributed by atoms with Crippen LogP contribution in [0.4, 0.5) is 5.69 Å². The monoisotopic (exact) mass is 317 g/mol. The summed E-state index contributed by atoms with van der Waals surface area (Å²) in [6.07, 6.45) is 1.45. The Bertz CT molecular complexity index is 799. The molecule has 1 N–H and O–H groups in total. The highest BCUT2D eigenvalue weighted by Crippen LogP contribution is 2.45. The van der Waals surface area contributed by atoms with Gasteiger partial charge in [0.15, 0.2) is 0 Å². The van der Waals surface area contributed by atoms with E-state index in [4.69, 9.17) is 9.47 Å². The molecule has 2 aromatic rings. The Morgan fingerprint density at radius 2 is 1.77 bits per heavy atom. The smallest absolute Gasteiger partial charge is 0.262 e. The number of rotatable bonds is 3. The van der Waals surface area contributed by atoms with E-state index in [1.807, 2.05) is 6.07 Å². The van der Waals surface area contributed by atoms with Crippen LogP contribution in [0, 0.1) is 0 Å². The van der Waals surface area contributed by atoms with Crippen molar-refractivity contribution in [1.29, 1.82) is 0 Å². The van der Waals surface area contributed by atoms with Crippen LogP contribution in [-0.2, 0) is 22.9 Å². The average molecular weight is 317 g/mol. The Morgan fingerprint density at radius 1 is 1.00 bits per heavy atom. The minimum Gasteiger partial charge on any atom is -0.493 e. The largest absolute Gasteiger partial charge is 0.493 e. The number of nitrogens with one attached hydrogen (secondary N) is 1. The maximum Gasteiger partial charge on any atom is 0.262 e. The molecule has 0 fully saturated rings. The number of fused-ring (bicyclic) bond motifs is 2. The van der Waals surface area contributed by atoms with Gasteiger partial charge >= 0.3 is 0 Å². The fourth-order valence-electron chi connectivity index (χ4n) is 2.89. The highest BCUT2D eigenvalue weighted by atomic mass is 32.2. The summed E-state index contributed by atoms with van der Waals surface area (Å²) in [5.74, 6) is 1.40. The maximum absolute atomic E-state index is 12.6. The van der Waals surface area contributed by atoms with Crippen LogP contribution in [0.25, 0.3) is 0 Å². The molecule has 22 heavy (non-hydrogen) atoms. The number of hydrogen-bond acceptors (Lipinski definition) is 4. The van der Waals surface area contributed by atoms with Crippen LogP contribution < -0.4 is 14.2 Å². The van der Waals surface area contributed by atoms with E-state index >= 15 is 0 Å². The van der Waals surface area contributed by atoms with E-state index in [9.17, 15) is 8.42 Å². The lowest BCUT2D eigenvalue weighted by molar-refractivity contribution is 0.356. The molecule has 0 amide bonds. The summed E-state index contributed by atoms with van der Waals surface area (Å²) in [7, 11) is -3.64. The van der Waals surface area contributed by atoms with E-state index in [0.29, 0.717) is 31.1 Å². The molecular weight excluding hydrogens is 302 g/mol. The molecule has 4 rings (SSSR count). The number of benzene rings is 2. The third kappa shape index (κ3) is 2.11. The van der Waals surface area contributed by atoms with E-state index < -0.39 is 10.0 Å². The van der Waals surface area contributed by atoms with Gasteiger partial charge in [-0.2, -0.15) is 0 Å². The Labute approximate surface area is 128 Å². The van der Waals surface area contributed by atoms with Gasteiger partial charge in [0, 0.05) is 24.0 Å². The third-order valence-corrected chi connectivity index (χ3v) is 5.31. The standard InChI is InChI=1S/C16H15NO4S/c18-22(19,12-4-2-1-3-5-12)17-15-13-7-9-20-14(13)10-11-6-8-21-16(11)15/h1-5,10,17H,6-9H2. The maximum atomic E-state index is 12.6. The van der Waals surface area contributed by atoms with Crippen LogP contribution in [0.3, 0.4) is 0 Å². The molecule has 0 atom stereocenters. The molecule has 2 aliphatic heterocycles. The van der Waals surface area contributed by atoms with Gasteiger partial charge < -0.3 is 9.47 Å². The van der Waals surface area contributed by atoms with Gasteiger partial charge in [-0.1, -0.05) is 18.2 Å². The molecule has 2 heterocycles. The summed E-state index contributed by atoms with van der Waals surface area (Å²) >= 11 is 0. The van der Waals surface area contributed by atoms with Crippen molar-refractivity contribution in [3.63, 3.8) is 0 Å². The molecule has 0 spiro atoms. The summed E-state index contributed by atoms with van der Waals surface area (Å²) in [5, 5.41) is 0. The van der Waals surface area contributed by atoms with Gasteiger partial charge in [0.25, 0.3) is 10.0 Å². The van der Waals surface area contributed by atoms with Gasteiger partial charge in [-0.3, -0.25) is 4.72 Å². The summed E-state index contributed by atoms with van der Waals surface area (Å²) in [5.41, 5.74) is 2.40. The minimum absolute atomic E-state index is 0.235. The van der Waals surface area contributed by atoms with Crippen LogP contribution in [0.2, 0.25) is 0 Å². The molecule has 2 aliphatic rings. The number of ether oxygens (including phenoxy) is 2. The lowest BCUT2D eigenvalue weighted by atomic mass is 10.0. The van der Waals surface area contributed by atoms with E-state index in [1.54, 1.807) is 30.3 Å². The first-order chi connectivity index (χ1) is 10.6. The fourth-order valence-corrected chi connectivity index (χ4v) is 4.00. The van der Waals surface area contributed by atoms with Crippen molar-refractivity contribution >= 4 is 15.7 Å². The normalized spacial score (nSPS) is 15.6. The second-order valence-corrected chi connectivity index (χ2v) is 7.01. The molecule has 0 aromatic heterocycles. The first kappa shape index (κ1) is 13.5. The summed E-state index contributed by atoms with van der Waals surface area (Å²) in [6, 6.07) is 10.3. The summed E-state index contributed by atoms with van der Waals surface area (Å²) < 4.78 is 39.1. The average Bonchev–Trinajstić information content (AvgIpc) is 3.16. The van der Waals surface area contributed by atoms with E-state index in [2.05, 4.69) is 4.72 Å². The van der Waals surface area contributed by atoms with Crippen LogP contribution in [0.15, 0.2) is 41.3 Å². The predicted molar refractivity (Wildman–Crippen MR) is 82.1 cm³/mol. The molecule has 0 radical (unpaired) electrons. The van der Waals surface area contributed by atoms with Gasteiger partial charge in [-0.15, -0.1) is 0 Å². The van der Waals surface area contributed by atoms with E-state index in [0.717, 1.165) is 23.3 Å². The second-order valence-electron chi connectivity index (χ2n) is 5.33. The molecule has 6 heteroatoms. The van der Waals surface area contributed by atoms with Crippen molar-refractivity contribution in [1.82, 2.24) is 0 Å². The van der Waals surface area contributed by atoms with Gasteiger partial charge in [0.1, 0.15) is 11.5 Å². The van der Waals surface area contributed by atoms with Gasteiger partial charge in [0.05, 0.1) is 23.8 Å². The quantitative estimate of drug-likeness (QED) is 0.944. The Morgan fingerprint density at radius 3 is 2.59 bits per heavy atom. The van der Waals surface area contributed by atoms with E-state index in [-0.39, 0.29) is 4.90 Å². The summed E-state index contributed by atoms with van der Waals surface area (Å²) in [4.78, 5) is 0.235. The predicted octanol–water partition coefficient (Wildman–Crippen LogP) is 2.36. The van der Waals surface area contributed by atoms with Crippen molar-refractivity contribution in [2.24, 2.45) is 0 Å². The molecule has 0 bridgehead atoms. The lowest BCUT2D eigenvalue weighted by Gasteiger charge is -2.15. The molecule has 0 saturated carbocycles. The molecule has 5 nitrogen and oxygen atoms in total. The van der Waals surface area contributed by atoms with Crippen LogP contribution >= 0.6 is 0 Å². The zero-order valence-electron chi connectivity index (χ0n) is 11.8. The highest BCUT2D eigenvalue weighted by Gasteiger charge is 2.29. The van der Waals surface area contributed by atoms with Crippen LogP contribution in [0.5, 0.6) is 11.5 Å². The molecule has 114 valence electrons. The molecule has 0 unspecified atom stereocenters.